The minimum Gasteiger partial charge on any atom is -0.458 e. The number of hydrogen-bond acceptors (Lipinski definition) is 10. The fourth-order valence-corrected chi connectivity index (χ4v) is 8.31. The van der Waals surface area contributed by atoms with Gasteiger partial charge in [-0.3, -0.25) is 24.0 Å². The Hall–Kier alpha value is -5.65. The molecule has 59 heavy (non-hydrogen) atoms. The number of aliphatic hydroxyl groups excluding tert-OH is 1. The van der Waals surface area contributed by atoms with E-state index in [0.29, 0.717) is 24.5 Å². The van der Waals surface area contributed by atoms with Crippen LogP contribution in [0.15, 0.2) is 48.5 Å². The highest BCUT2D eigenvalue weighted by Crippen LogP contribution is 2.29. The van der Waals surface area contributed by atoms with Crippen molar-refractivity contribution in [3.05, 3.63) is 71.3 Å². The summed E-state index contributed by atoms with van der Waals surface area (Å²) >= 11 is 0. The van der Waals surface area contributed by atoms with E-state index < -0.39 is 108 Å². The molecule has 4 heterocycles. The summed E-state index contributed by atoms with van der Waals surface area (Å²) in [5.41, 5.74) is 0.598. The van der Waals surface area contributed by atoms with Crippen LogP contribution in [0.1, 0.15) is 64.0 Å². The molecule has 4 fully saturated rings. The highest BCUT2D eigenvalue weighted by Gasteiger charge is 2.49. The van der Waals surface area contributed by atoms with Crippen LogP contribution in [0.3, 0.4) is 0 Å². The number of alkyl carbamates (subject to hydrolysis) is 1. The molecule has 9 atom stereocenters. The Morgan fingerprint density at radius 1 is 0.864 bits per heavy atom. The molecule has 6 rings (SSSR count). The normalized spacial score (nSPS) is 28.5. The van der Waals surface area contributed by atoms with Crippen LogP contribution in [0.25, 0.3) is 0 Å². The van der Waals surface area contributed by atoms with Crippen LogP contribution in [0.5, 0.6) is 0 Å². The van der Waals surface area contributed by atoms with E-state index >= 15 is 0 Å². The summed E-state index contributed by atoms with van der Waals surface area (Å²) in [6, 6.07) is 3.38. The molecule has 0 aromatic heterocycles. The number of cyclic esters (lactones) is 1. The van der Waals surface area contributed by atoms with Gasteiger partial charge in [-0.15, -0.1) is 0 Å². The first kappa shape index (κ1) is 42.9. The largest absolute Gasteiger partial charge is 0.458 e. The summed E-state index contributed by atoms with van der Waals surface area (Å²) in [6.07, 6.45) is -2.74. The van der Waals surface area contributed by atoms with Crippen molar-refractivity contribution < 1.29 is 56.9 Å². The van der Waals surface area contributed by atoms with Gasteiger partial charge in [0.2, 0.25) is 29.5 Å². The zero-order valence-corrected chi connectivity index (χ0v) is 33.1. The van der Waals surface area contributed by atoms with Crippen molar-refractivity contribution in [1.82, 2.24) is 30.7 Å². The highest BCUT2D eigenvalue weighted by atomic mass is 19.1. The maximum atomic E-state index is 14.7. The van der Waals surface area contributed by atoms with Gasteiger partial charge in [-0.2, -0.15) is 0 Å². The number of nitrogens with one attached hydrogen (secondary N) is 3. The number of rotatable bonds is 7. The lowest BCUT2D eigenvalue weighted by Crippen LogP contribution is -2.63. The maximum absolute atomic E-state index is 14.7. The number of carbonyl (C=O) groups is 7. The van der Waals surface area contributed by atoms with E-state index in [0.717, 1.165) is 17.0 Å². The fourth-order valence-electron chi connectivity index (χ4n) is 8.31. The molecule has 0 aliphatic carbocycles. The fraction of sp³-hybridized carbons (Fsp3) is 0.537. The summed E-state index contributed by atoms with van der Waals surface area (Å²) < 4.78 is 39.8. The molecule has 4 saturated heterocycles. The Bertz CT molecular complexity index is 1920. The molecule has 6 amide bonds. The Kier molecular flexibility index (Phi) is 13.5. The van der Waals surface area contributed by atoms with Crippen molar-refractivity contribution in [1.29, 1.82) is 0 Å². The van der Waals surface area contributed by atoms with Gasteiger partial charge in [-0.1, -0.05) is 37.3 Å². The molecule has 4 aliphatic rings. The van der Waals surface area contributed by atoms with Gasteiger partial charge in [0, 0.05) is 38.5 Å². The minimum atomic E-state index is -1.75. The van der Waals surface area contributed by atoms with Crippen molar-refractivity contribution in [2.75, 3.05) is 19.6 Å². The number of hydrogen-bond donors (Lipinski definition) is 4. The quantitative estimate of drug-likeness (QED) is 0.295. The van der Waals surface area contributed by atoms with Gasteiger partial charge in [0.05, 0.1) is 6.10 Å². The van der Waals surface area contributed by atoms with Crippen molar-refractivity contribution >= 4 is 41.6 Å². The summed E-state index contributed by atoms with van der Waals surface area (Å²) in [7, 11) is 0. The van der Waals surface area contributed by atoms with Gasteiger partial charge >= 0.3 is 12.1 Å². The van der Waals surface area contributed by atoms with Crippen LogP contribution in [0.2, 0.25) is 0 Å². The standard InChI is InChI=1S/C41H50F2N6O10/c1-22-13-33-40(56)59-24(3)34(46-35(51)30(16-26-14-27(42)17-28(43)15-26)45-41(57)58-21-25-9-5-4-6-10-25)39(55)49-20-29(50)18-32(49)38(54)47-12-8-7-11-31(47)36(52)44-23(2)37(53)48(33)19-22/h4-6,9-10,14-15,17,22-24,29-34,50H,7-8,11-13,16,18-21H2,1-3H3,(H,44,52)(H,45,57)(H,46,51)/t22-,23+,24+,29-,30+,31+,32+,33+,34+/m1/s1. The van der Waals surface area contributed by atoms with Gasteiger partial charge in [0.15, 0.2) is 0 Å². The lowest BCUT2D eigenvalue weighted by Gasteiger charge is -2.39. The first-order valence-corrected chi connectivity index (χ1v) is 19.9. The van der Waals surface area contributed by atoms with Gasteiger partial charge in [0.25, 0.3) is 0 Å². The number of carbonyl (C=O) groups excluding carboxylic acids is 7. The predicted molar refractivity (Wildman–Crippen MR) is 203 cm³/mol. The summed E-state index contributed by atoms with van der Waals surface area (Å²) in [6.45, 7) is 4.47. The molecule has 16 nitrogen and oxygen atoms in total. The second kappa shape index (κ2) is 18.5. The highest BCUT2D eigenvalue weighted by molar-refractivity contribution is 5.98. The van der Waals surface area contributed by atoms with Crippen LogP contribution < -0.4 is 16.0 Å². The first-order chi connectivity index (χ1) is 28.1. The Labute approximate surface area is 339 Å². The number of benzene rings is 2. The topological polar surface area (TPSA) is 204 Å². The summed E-state index contributed by atoms with van der Waals surface area (Å²) in [4.78, 5) is 101. The molecule has 0 unspecified atom stereocenters. The lowest BCUT2D eigenvalue weighted by molar-refractivity contribution is -0.163. The van der Waals surface area contributed by atoms with E-state index in [-0.39, 0.29) is 57.0 Å². The molecule has 4 aliphatic heterocycles. The molecule has 2 aromatic carbocycles. The monoisotopic (exact) mass is 824 g/mol. The lowest BCUT2D eigenvalue weighted by atomic mass is 9.98. The number of esters is 1. The van der Waals surface area contributed by atoms with E-state index in [1.807, 2.05) is 6.92 Å². The van der Waals surface area contributed by atoms with Gasteiger partial charge in [0.1, 0.15) is 60.6 Å². The van der Waals surface area contributed by atoms with Crippen LogP contribution in [0, 0.1) is 17.6 Å². The van der Waals surface area contributed by atoms with Crippen LogP contribution in [-0.4, -0.2) is 129 Å². The summed E-state index contributed by atoms with van der Waals surface area (Å²) in [5.74, 6) is -6.66. The van der Waals surface area contributed by atoms with E-state index in [1.165, 1.54) is 23.6 Å². The SMILES string of the molecule is C[C@@H]1C[C@H]2C(=O)O[C@@H](C)[C@H](NC(=O)[C@H](Cc3cc(F)cc(F)c3)NC(=O)OCc3ccccc3)C(=O)N3C[C@H](O)C[C@H]3C(=O)N3CCCC[C@H]3C(=O)N[C@@H](C)C(=O)N2C1. The average molecular weight is 825 g/mol. The number of fused-ring (bicyclic) bond motifs is 3. The molecule has 4 N–H and O–H groups in total. The second-order valence-corrected chi connectivity index (χ2v) is 15.9. The van der Waals surface area contributed by atoms with Gasteiger partial charge in [-0.05, 0) is 68.7 Å². The van der Waals surface area contributed by atoms with Crippen LogP contribution in [-0.2, 0) is 51.3 Å². The number of piperidine rings is 1. The van der Waals surface area contributed by atoms with Crippen LogP contribution in [0.4, 0.5) is 13.6 Å². The van der Waals surface area contributed by atoms with Gasteiger partial charge in [-0.25, -0.2) is 18.4 Å². The third-order valence-corrected chi connectivity index (χ3v) is 11.2. The van der Waals surface area contributed by atoms with Crippen molar-refractivity contribution in [2.45, 2.75) is 114 Å². The molecule has 0 bridgehead atoms. The van der Waals surface area contributed by atoms with E-state index in [1.54, 1.807) is 30.3 Å². The maximum Gasteiger partial charge on any atom is 0.408 e. The number of aliphatic hydroxyl groups is 1. The smallest absolute Gasteiger partial charge is 0.408 e. The average Bonchev–Trinajstić information content (AvgIpc) is 3.79. The number of nitrogens with zero attached hydrogens (tertiary/aromatic N) is 3. The molecule has 0 spiro atoms. The number of ether oxygens (including phenoxy) is 2. The minimum absolute atomic E-state index is 0.0300. The number of halogens is 2. The molecule has 2 aromatic rings. The van der Waals surface area contributed by atoms with Gasteiger partial charge < -0.3 is 45.2 Å². The molecular formula is C41H50F2N6O10. The summed E-state index contributed by atoms with van der Waals surface area (Å²) in [5, 5.41) is 18.5. The molecule has 0 radical (unpaired) electrons. The van der Waals surface area contributed by atoms with E-state index in [9.17, 15) is 47.4 Å². The van der Waals surface area contributed by atoms with Crippen molar-refractivity contribution in [3.8, 4) is 0 Å². The predicted octanol–water partition coefficient (Wildman–Crippen LogP) is 1.32. The third kappa shape index (κ3) is 10.1. The Morgan fingerprint density at radius 3 is 2.27 bits per heavy atom. The first-order valence-electron chi connectivity index (χ1n) is 19.9. The van der Waals surface area contributed by atoms with E-state index in [4.69, 9.17) is 9.47 Å². The Balaban J connectivity index is 1.34. The molecule has 18 heteroatoms. The Morgan fingerprint density at radius 2 is 1.56 bits per heavy atom. The molecule has 318 valence electrons. The number of amides is 6. The molecular weight excluding hydrogens is 774 g/mol. The zero-order valence-electron chi connectivity index (χ0n) is 33.1. The molecule has 0 saturated carbocycles. The van der Waals surface area contributed by atoms with Crippen LogP contribution >= 0.6 is 0 Å². The van der Waals surface area contributed by atoms with Crippen molar-refractivity contribution in [3.63, 3.8) is 0 Å². The van der Waals surface area contributed by atoms with Crippen molar-refractivity contribution in [2.24, 2.45) is 5.92 Å². The zero-order chi connectivity index (χ0) is 42.5. The van der Waals surface area contributed by atoms with E-state index in [2.05, 4.69) is 16.0 Å². The second-order valence-electron chi connectivity index (χ2n) is 15.9. The third-order valence-electron chi connectivity index (χ3n) is 11.2.